The summed E-state index contributed by atoms with van der Waals surface area (Å²) in [6.45, 7) is 8.02. The second-order valence-corrected chi connectivity index (χ2v) is 5.78. The Morgan fingerprint density at radius 3 is 2.72 bits per heavy atom. The maximum Gasteiger partial charge on any atom is 0.0645 e. The highest BCUT2D eigenvalue weighted by Gasteiger charge is 2.29. The number of ether oxygens (including phenoxy) is 1. The molecule has 3 nitrogen and oxygen atoms in total. The maximum atomic E-state index is 8.25. The van der Waals surface area contributed by atoms with Crippen molar-refractivity contribution in [1.82, 2.24) is 4.90 Å². The molecule has 0 unspecified atom stereocenters. The molecule has 0 saturated carbocycles. The lowest BCUT2D eigenvalue weighted by Gasteiger charge is -2.43. The van der Waals surface area contributed by atoms with E-state index >= 15 is 0 Å². The van der Waals surface area contributed by atoms with Crippen LogP contribution in [0.15, 0.2) is 22.7 Å². The van der Waals surface area contributed by atoms with E-state index in [1.54, 1.807) is 0 Å². The lowest BCUT2D eigenvalue weighted by molar-refractivity contribution is -0.0637. The van der Waals surface area contributed by atoms with Gasteiger partial charge in [-0.2, -0.15) is 0 Å². The maximum absolute atomic E-state index is 8.25. The first-order chi connectivity index (χ1) is 9.07. The Balaban J connectivity index is 1.66. The molecule has 2 aliphatic rings. The van der Waals surface area contributed by atoms with Crippen molar-refractivity contribution in [1.29, 1.82) is 0 Å². The van der Waals surface area contributed by atoms with Crippen LogP contribution in [0.25, 0.3) is 0 Å². The first-order valence-electron chi connectivity index (χ1n) is 6.77. The molecule has 3 rings (SSSR count). The molecule has 2 heterocycles. The van der Waals surface area contributed by atoms with Gasteiger partial charge in [0.15, 0.2) is 0 Å². The van der Waals surface area contributed by atoms with Crippen LogP contribution in [0.5, 0.6) is 0 Å². The average Bonchev–Trinajstić information content (AvgIpc) is 2.35. The normalized spacial score (nSPS) is 24.6. The Bertz CT molecular complexity index is 450. The number of nitrogens with zero attached hydrogens (tertiary/aromatic N) is 2. The summed E-state index contributed by atoms with van der Waals surface area (Å²) in [4.78, 5) is 4.47. The molecular formula is C14H18BrN2O. The van der Waals surface area contributed by atoms with Crippen LogP contribution in [-0.2, 0) is 4.74 Å². The van der Waals surface area contributed by atoms with Crippen LogP contribution in [0.2, 0.25) is 0 Å². The first kappa shape index (κ1) is 11.3. The van der Waals surface area contributed by atoms with Gasteiger partial charge < -0.3 is 9.64 Å². The van der Waals surface area contributed by atoms with Gasteiger partial charge in [0.05, 0.1) is 27.1 Å². The van der Waals surface area contributed by atoms with Crippen LogP contribution in [0.3, 0.4) is 0 Å². The Morgan fingerprint density at radius 1 is 1.33 bits per heavy atom. The Hall–Kier alpha value is -0.580. The first-order valence-corrected chi connectivity index (χ1v) is 7.06. The number of benzene rings is 1. The second kappa shape index (κ2) is 5.19. The van der Waals surface area contributed by atoms with Gasteiger partial charge in [-0.15, -0.1) is 0 Å². The van der Waals surface area contributed by atoms with Crippen LogP contribution in [0.4, 0.5) is 5.69 Å². The molecule has 0 amide bonds. The molecule has 1 aromatic rings. The number of anilines is 1. The fourth-order valence-corrected chi connectivity index (χ4v) is 2.98. The van der Waals surface area contributed by atoms with Crippen molar-refractivity contribution >= 4 is 21.6 Å². The summed E-state index contributed by atoms with van der Waals surface area (Å²) < 4.78 is 14.5. The number of aryl methyl sites for hydroxylation is 1. The van der Waals surface area contributed by atoms with Gasteiger partial charge in [0.2, 0.25) is 0 Å². The molecule has 0 bridgehead atoms. The van der Waals surface area contributed by atoms with Crippen molar-refractivity contribution in [3.8, 4) is 0 Å². The van der Waals surface area contributed by atoms with Crippen molar-refractivity contribution in [3.05, 3.63) is 34.8 Å². The number of rotatable bonds is 2. The van der Waals surface area contributed by atoms with Crippen LogP contribution < -0.4 is 4.90 Å². The predicted molar refractivity (Wildman–Crippen MR) is 76.7 cm³/mol. The molecule has 1 radical (unpaired) electrons. The van der Waals surface area contributed by atoms with Crippen molar-refractivity contribution in [2.75, 3.05) is 37.7 Å². The number of halogens is 1. The minimum absolute atomic E-state index is 0.490. The van der Waals surface area contributed by atoms with Gasteiger partial charge in [-0.25, -0.2) is 0 Å². The summed E-state index contributed by atoms with van der Waals surface area (Å²) in [5.74, 6) is 0. The van der Waals surface area contributed by atoms with Gasteiger partial charge in [0.1, 0.15) is 0 Å². The van der Waals surface area contributed by atoms with Gasteiger partial charge in [-0.1, -0.05) is 15.9 Å². The quantitative estimate of drug-likeness (QED) is 0.834. The monoisotopic (exact) mass is 310 g/mol. The molecule has 1 aromatic carbocycles. The van der Waals surface area contributed by atoms with Crippen molar-refractivity contribution in [3.63, 3.8) is 0 Å². The van der Waals surface area contributed by atoms with E-state index in [9.17, 15) is 0 Å². The Morgan fingerprint density at radius 2 is 2.17 bits per heavy atom. The average molecular weight is 311 g/mol. The molecule has 0 atom stereocenters. The van der Waals surface area contributed by atoms with Gasteiger partial charge >= 0.3 is 0 Å². The van der Waals surface area contributed by atoms with Crippen molar-refractivity contribution < 1.29 is 6.11 Å². The molecule has 18 heavy (non-hydrogen) atoms. The minimum Gasteiger partial charge on any atom is -0.378 e. The summed E-state index contributed by atoms with van der Waals surface area (Å²) in [7, 11) is 0. The number of piperazine rings is 1. The minimum atomic E-state index is -0.490. The molecule has 0 spiro atoms. The van der Waals surface area contributed by atoms with Crippen LogP contribution in [0, 0.1) is 13.5 Å². The summed E-state index contributed by atoms with van der Waals surface area (Å²) in [5.41, 5.74) is 2.47. The molecule has 2 saturated heterocycles. The molecule has 2 fully saturated rings. The van der Waals surface area contributed by atoms with E-state index in [2.05, 4.69) is 57.4 Å². The molecule has 0 aromatic heterocycles. The summed E-state index contributed by atoms with van der Waals surface area (Å²) >= 11 is 3.55. The van der Waals surface area contributed by atoms with Crippen LogP contribution in [0.1, 0.15) is 6.93 Å². The topological polar surface area (TPSA) is 15.7 Å². The highest BCUT2D eigenvalue weighted by Crippen LogP contribution is 2.25. The van der Waals surface area contributed by atoms with Gasteiger partial charge in [-0.3, -0.25) is 4.90 Å². The Labute approximate surface area is 118 Å². The molecule has 4 heteroatoms. The summed E-state index contributed by atoms with van der Waals surface area (Å²) in [5, 5.41) is 0. The van der Waals surface area contributed by atoms with E-state index in [1.807, 2.05) is 0 Å². The van der Waals surface area contributed by atoms with Crippen LogP contribution in [-0.4, -0.2) is 43.8 Å². The fourth-order valence-electron chi connectivity index (χ4n) is 2.39. The third-order valence-electron chi connectivity index (χ3n) is 3.48. The molecule has 2 aliphatic heterocycles. The van der Waals surface area contributed by atoms with Crippen molar-refractivity contribution in [2.45, 2.75) is 12.9 Å². The van der Waals surface area contributed by atoms with E-state index in [-0.39, 0.29) is 0 Å². The highest BCUT2D eigenvalue weighted by atomic mass is 79.9. The molecule has 0 aliphatic carbocycles. The fraction of sp³-hybridized carbons (Fsp3) is 0.500. The van der Waals surface area contributed by atoms with Gasteiger partial charge in [0.25, 0.3) is 0 Å². The van der Waals surface area contributed by atoms with E-state index in [0.29, 0.717) is 13.2 Å². The lowest BCUT2D eigenvalue weighted by atomic mass is 10.1. The summed E-state index contributed by atoms with van der Waals surface area (Å²) in [6, 6.07) is 5.96. The van der Waals surface area contributed by atoms with E-state index in [1.165, 1.54) is 11.3 Å². The number of hydrogen-bond donors (Lipinski definition) is 0. The molecular weight excluding hydrogens is 292 g/mol. The zero-order valence-electron chi connectivity index (χ0n) is 11.5. The SMILES string of the molecule is [2H]C1(N2C[CH]N(c3cc(C)cc(Br)c3)CC2)COC1. The standard InChI is InChI=1S/C14H18BrN2O/c1-11-6-12(15)8-13(7-11)16-2-4-17(5-3-16)14-9-18-10-14/h2,6-8,14H,3-5,9-10H2,1H3/i14D. The number of hydrogen-bond acceptors (Lipinski definition) is 3. The third kappa shape index (κ3) is 2.56. The summed E-state index contributed by atoms with van der Waals surface area (Å²) in [6.07, 6.45) is 0. The highest BCUT2D eigenvalue weighted by molar-refractivity contribution is 9.10. The van der Waals surface area contributed by atoms with E-state index in [4.69, 9.17) is 6.11 Å². The lowest BCUT2D eigenvalue weighted by Crippen LogP contribution is -2.55. The zero-order valence-corrected chi connectivity index (χ0v) is 12.1. The van der Waals surface area contributed by atoms with Crippen molar-refractivity contribution in [2.24, 2.45) is 0 Å². The van der Waals surface area contributed by atoms with E-state index in [0.717, 1.165) is 24.1 Å². The second-order valence-electron chi connectivity index (χ2n) is 4.87. The smallest absolute Gasteiger partial charge is 0.0645 e. The largest absolute Gasteiger partial charge is 0.378 e. The molecule has 0 N–H and O–H groups in total. The van der Waals surface area contributed by atoms with E-state index < -0.39 is 6.02 Å². The predicted octanol–water partition coefficient (Wildman–Crippen LogP) is 2.44. The van der Waals surface area contributed by atoms with Gasteiger partial charge in [0, 0.05) is 29.8 Å². The Kier molecular flexibility index (Phi) is 3.25. The third-order valence-corrected chi connectivity index (χ3v) is 3.93. The zero-order chi connectivity index (χ0) is 13.5. The van der Waals surface area contributed by atoms with Crippen LogP contribution >= 0.6 is 15.9 Å². The van der Waals surface area contributed by atoms with Gasteiger partial charge in [-0.05, 0) is 30.7 Å². The molecule has 97 valence electrons.